The van der Waals surface area contributed by atoms with Crippen LogP contribution in [0.15, 0.2) is 54.6 Å². The van der Waals surface area contributed by atoms with Crippen LogP contribution in [0.25, 0.3) is 0 Å². The first-order chi connectivity index (χ1) is 11.0. The van der Waals surface area contributed by atoms with Crippen LogP contribution < -0.4 is 11.1 Å². The lowest BCUT2D eigenvalue weighted by Gasteiger charge is -2.14. The first-order valence-corrected chi connectivity index (χ1v) is 7.09. The SMILES string of the molecule is Nc1cccc(COC(=O)N[C@@H](Cc2ccccc2)C(=O)O)c1. The third-order valence-electron chi connectivity index (χ3n) is 3.19. The lowest BCUT2D eigenvalue weighted by molar-refractivity contribution is -0.139. The molecule has 0 aliphatic rings. The second-order valence-electron chi connectivity index (χ2n) is 5.05. The van der Waals surface area contributed by atoms with Crippen molar-refractivity contribution in [2.75, 3.05) is 5.73 Å². The largest absolute Gasteiger partial charge is 0.480 e. The topological polar surface area (TPSA) is 102 Å². The Morgan fingerprint density at radius 3 is 2.43 bits per heavy atom. The molecule has 0 aromatic heterocycles. The van der Waals surface area contributed by atoms with Gasteiger partial charge in [-0.2, -0.15) is 0 Å². The summed E-state index contributed by atoms with van der Waals surface area (Å²) in [6, 6.07) is 14.9. The molecule has 2 rings (SSSR count). The smallest absolute Gasteiger partial charge is 0.408 e. The van der Waals surface area contributed by atoms with Crippen LogP contribution in [0.1, 0.15) is 11.1 Å². The number of carbonyl (C=O) groups excluding carboxylic acids is 1. The van der Waals surface area contributed by atoms with E-state index in [1.807, 2.05) is 18.2 Å². The zero-order valence-corrected chi connectivity index (χ0v) is 12.4. The van der Waals surface area contributed by atoms with Crippen molar-refractivity contribution in [1.82, 2.24) is 5.32 Å². The van der Waals surface area contributed by atoms with Crippen LogP contribution in [-0.2, 0) is 22.6 Å². The van der Waals surface area contributed by atoms with Crippen LogP contribution in [0.2, 0.25) is 0 Å². The molecule has 4 N–H and O–H groups in total. The van der Waals surface area contributed by atoms with Gasteiger partial charge in [0.25, 0.3) is 0 Å². The predicted molar refractivity (Wildman–Crippen MR) is 85.7 cm³/mol. The number of rotatable bonds is 6. The van der Waals surface area contributed by atoms with E-state index < -0.39 is 18.1 Å². The van der Waals surface area contributed by atoms with E-state index in [4.69, 9.17) is 10.5 Å². The summed E-state index contributed by atoms with van der Waals surface area (Å²) in [5, 5.41) is 11.6. The fourth-order valence-electron chi connectivity index (χ4n) is 2.07. The Hall–Kier alpha value is -3.02. The standard InChI is InChI=1S/C17H18N2O4/c18-14-8-4-7-13(9-14)11-23-17(22)19-15(16(20)21)10-12-5-2-1-3-6-12/h1-9,15H,10-11,18H2,(H,19,22)(H,20,21)/t15-/m0/s1. The number of alkyl carbamates (subject to hydrolysis) is 1. The monoisotopic (exact) mass is 314 g/mol. The van der Waals surface area contributed by atoms with E-state index in [-0.39, 0.29) is 13.0 Å². The van der Waals surface area contributed by atoms with Gasteiger partial charge in [0.2, 0.25) is 0 Å². The van der Waals surface area contributed by atoms with Crippen LogP contribution in [0.3, 0.4) is 0 Å². The van der Waals surface area contributed by atoms with Crippen LogP contribution in [0.4, 0.5) is 10.5 Å². The van der Waals surface area contributed by atoms with E-state index in [0.717, 1.165) is 11.1 Å². The highest BCUT2D eigenvalue weighted by Crippen LogP contribution is 2.08. The van der Waals surface area contributed by atoms with Crippen molar-refractivity contribution in [2.24, 2.45) is 0 Å². The Balaban J connectivity index is 1.89. The van der Waals surface area contributed by atoms with Gasteiger partial charge in [0, 0.05) is 12.1 Å². The third-order valence-corrected chi connectivity index (χ3v) is 3.19. The average molecular weight is 314 g/mol. The number of amides is 1. The van der Waals surface area contributed by atoms with Crippen LogP contribution in [-0.4, -0.2) is 23.2 Å². The number of ether oxygens (including phenoxy) is 1. The summed E-state index contributed by atoms with van der Waals surface area (Å²) < 4.78 is 5.03. The maximum atomic E-state index is 11.8. The van der Waals surface area contributed by atoms with Crippen molar-refractivity contribution >= 4 is 17.7 Å². The maximum Gasteiger partial charge on any atom is 0.408 e. The lowest BCUT2D eigenvalue weighted by Crippen LogP contribution is -2.42. The van der Waals surface area contributed by atoms with E-state index in [2.05, 4.69) is 5.32 Å². The Morgan fingerprint density at radius 1 is 1.09 bits per heavy atom. The van der Waals surface area contributed by atoms with E-state index in [0.29, 0.717) is 5.69 Å². The third kappa shape index (κ3) is 5.35. The first kappa shape index (κ1) is 16.4. The molecule has 0 saturated carbocycles. The molecule has 0 saturated heterocycles. The summed E-state index contributed by atoms with van der Waals surface area (Å²) in [6.45, 7) is 0.0224. The summed E-state index contributed by atoms with van der Waals surface area (Å²) in [6.07, 6.45) is -0.598. The molecule has 0 bridgehead atoms. The molecule has 0 aliphatic heterocycles. The molecule has 1 amide bonds. The van der Waals surface area contributed by atoms with Crippen molar-refractivity contribution < 1.29 is 19.4 Å². The minimum Gasteiger partial charge on any atom is -0.480 e. The molecule has 0 heterocycles. The second-order valence-corrected chi connectivity index (χ2v) is 5.05. The van der Waals surface area contributed by atoms with E-state index in [9.17, 15) is 14.7 Å². The van der Waals surface area contributed by atoms with Gasteiger partial charge < -0.3 is 20.9 Å². The molecular formula is C17H18N2O4. The van der Waals surface area contributed by atoms with Crippen molar-refractivity contribution in [3.8, 4) is 0 Å². The number of carbonyl (C=O) groups is 2. The highest BCUT2D eigenvalue weighted by Gasteiger charge is 2.21. The van der Waals surface area contributed by atoms with Crippen molar-refractivity contribution in [1.29, 1.82) is 0 Å². The minimum atomic E-state index is -1.12. The molecule has 0 unspecified atom stereocenters. The molecule has 6 nitrogen and oxygen atoms in total. The number of nitrogens with two attached hydrogens (primary N) is 1. The van der Waals surface area contributed by atoms with Gasteiger partial charge >= 0.3 is 12.1 Å². The summed E-state index contributed by atoms with van der Waals surface area (Å²) in [5.41, 5.74) is 7.75. The molecular weight excluding hydrogens is 296 g/mol. The van der Waals surface area contributed by atoms with Crippen molar-refractivity contribution in [3.05, 3.63) is 65.7 Å². The number of hydrogen-bond acceptors (Lipinski definition) is 4. The summed E-state index contributed by atoms with van der Waals surface area (Å²) in [7, 11) is 0. The molecule has 23 heavy (non-hydrogen) atoms. The number of hydrogen-bond donors (Lipinski definition) is 3. The van der Waals surface area contributed by atoms with Crippen molar-refractivity contribution in [2.45, 2.75) is 19.1 Å². The predicted octanol–water partition coefficient (Wildman–Crippen LogP) is 2.19. The zero-order chi connectivity index (χ0) is 16.7. The highest BCUT2D eigenvalue weighted by molar-refractivity contribution is 5.80. The van der Waals surface area contributed by atoms with Crippen LogP contribution >= 0.6 is 0 Å². The number of aliphatic carboxylic acids is 1. The second kappa shape index (κ2) is 7.84. The van der Waals surface area contributed by atoms with E-state index in [1.165, 1.54) is 0 Å². The zero-order valence-electron chi connectivity index (χ0n) is 12.4. The molecule has 0 fully saturated rings. The molecule has 2 aromatic carbocycles. The normalized spacial score (nSPS) is 11.5. The fraction of sp³-hybridized carbons (Fsp3) is 0.176. The van der Waals surface area contributed by atoms with Gasteiger partial charge in [0.05, 0.1) is 0 Å². The molecule has 0 spiro atoms. The Bertz CT molecular complexity index is 673. The van der Waals surface area contributed by atoms with Crippen LogP contribution in [0.5, 0.6) is 0 Å². The summed E-state index contributed by atoms with van der Waals surface area (Å²) in [5.74, 6) is -1.12. The molecule has 0 radical (unpaired) electrons. The Morgan fingerprint density at radius 2 is 1.78 bits per heavy atom. The maximum absolute atomic E-state index is 11.8. The van der Waals surface area contributed by atoms with Crippen molar-refractivity contribution in [3.63, 3.8) is 0 Å². The number of carboxylic acids is 1. The van der Waals surface area contributed by atoms with Gasteiger partial charge in [-0.1, -0.05) is 42.5 Å². The number of anilines is 1. The number of benzene rings is 2. The minimum absolute atomic E-state index is 0.0224. The molecule has 120 valence electrons. The summed E-state index contributed by atoms with van der Waals surface area (Å²) in [4.78, 5) is 23.0. The summed E-state index contributed by atoms with van der Waals surface area (Å²) >= 11 is 0. The quantitative estimate of drug-likeness (QED) is 0.709. The van der Waals surface area contributed by atoms with Gasteiger partial charge in [-0.25, -0.2) is 9.59 Å². The Labute approximate surface area is 133 Å². The molecule has 2 aromatic rings. The van der Waals surface area contributed by atoms with E-state index in [1.54, 1.807) is 36.4 Å². The highest BCUT2D eigenvalue weighted by atomic mass is 16.5. The van der Waals surface area contributed by atoms with Gasteiger partial charge in [0.1, 0.15) is 12.6 Å². The van der Waals surface area contributed by atoms with Gasteiger partial charge in [-0.15, -0.1) is 0 Å². The van der Waals surface area contributed by atoms with Gasteiger partial charge in [0.15, 0.2) is 0 Å². The number of carboxylic acid groups (broad SMARTS) is 1. The molecule has 1 atom stereocenters. The first-order valence-electron chi connectivity index (χ1n) is 7.09. The molecule has 0 aliphatic carbocycles. The molecule has 6 heteroatoms. The van der Waals surface area contributed by atoms with E-state index >= 15 is 0 Å². The van der Waals surface area contributed by atoms with Gasteiger partial charge in [-0.05, 0) is 23.3 Å². The lowest BCUT2D eigenvalue weighted by atomic mass is 10.1. The number of nitrogen functional groups attached to an aromatic ring is 1. The average Bonchev–Trinajstić information content (AvgIpc) is 2.53. The van der Waals surface area contributed by atoms with Crippen LogP contribution in [0, 0.1) is 0 Å². The Kier molecular flexibility index (Phi) is 5.57. The fourth-order valence-corrected chi connectivity index (χ4v) is 2.07. The van der Waals surface area contributed by atoms with Gasteiger partial charge in [-0.3, -0.25) is 0 Å². The number of nitrogens with one attached hydrogen (secondary N) is 1.